The number of rotatable bonds is 8. The number of carbonyl (C=O) groups excluding carboxylic acids is 2. The van der Waals surface area contributed by atoms with Gasteiger partial charge in [-0.1, -0.05) is 54.1 Å². The summed E-state index contributed by atoms with van der Waals surface area (Å²) < 4.78 is 11.5. The highest BCUT2D eigenvalue weighted by Crippen LogP contribution is 2.18. The molecule has 1 aliphatic heterocycles. The van der Waals surface area contributed by atoms with E-state index < -0.39 is 0 Å². The summed E-state index contributed by atoms with van der Waals surface area (Å²) in [7, 11) is 1.62. The van der Waals surface area contributed by atoms with Gasteiger partial charge in [0.05, 0.1) is 19.8 Å². The highest BCUT2D eigenvalue weighted by atomic mass is 35.5. The monoisotopic (exact) mass is 493 g/mol. The lowest BCUT2D eigenvalue weighted by atomic mass is 10.1. The zero-order chi connectivity index (χ0) is 24.6. The van der Waals surface area contributed by atoms with Crippen molar-refractivity contribution < 1.29 is 19.1 Å². The van der Waals surface area contributed by atoms with E-state index in [0.717, 1.165) is 23.3 Å². The molecule has 35 heavy (non-hydrogen) atoms. The second-order valence-electron chi connectivity index (χ2n) is 8.41. The van der Waals surface area contributed by atoms with Crippen molar-refractivity contribution in [2.45, 2.75) is 19.1 Å². The number of methoxy groups -OCH3 is 1. The van der Waals surface area contributed by atoms with Gasteiger partial charge in [0.15, 0.2) is 0 Å². The van der Waals surface area contributed by atoms with Crippen molar-refractivity contribution in [1.82, 2.24) is 14.8 Å². The molecule has 2 aromatic carbocycles. The minimum Gasteiger partial charge on any atom is -0.497 e. The predicted molar refractivity (Wildman–Crippen MR) is 133 cm³/mol. The zero-order valence-corrected chi connectivity index (χ0v) is 20.4. The minimum absolute atomic E-state index is 0.0212. The van der Waals surface area contributed by atoms with Gasteiger partial charge in [0.1, 0.15) is 17.4 Å². The molecule has 1 fully saturated rings. The van der Waals surface area contributed by atoms with E-state index in [9.17, 15) is 9.59 Å². The number of hydrogen-bond acceptors (Lipinski definition) is 5. The molecule has 0 aliphatic carbocycles. The van der Waals surface area contributed by atoms with Gasteiger partial charge in [-0.05, 0) is 41.8 Å². The summed E-state index contributed by atoms with van der Waals surface area (Å²) in [6, 6.07) is 20.8. The fraction of sp³-hybridized carbons (Fsp3) is 0.296. The summed E-state index contributed by atoms with van der Waals surface area (Å²) in [5, 5.41) is 0.229. The highest BCUT2D eigenvalue weighted by molar-refractivity contribution is 6.29. The summed E-state index contributed by atoms with van der Waals surface area (Å²) in [6.45, 7) is 1.55. The molecule has 7 nitrogen and oxygen atoms in total. The third-order valence-corrected chi connectivity index (χ3v) is 6.13. The Hall–Kier alpha value is -3.42. The van der Waals surface area contributed by atoms with Crippen molar-refractivity contribution in [2.75, 3.05) is 33.3 Å². The molecular formula is C27H28ClN3O4. The zero-order valence-electron chi connectivity index (χ0n) is 19.6. The summed E-state index contributed by atoms with van der Waals surface area (Å²) in [6.07, 6.45) is 1.85. The first-order chi connectivity index (χ1) is 17.0. The van der Waals surface area contributed by atoms with Crippen LogP contribution in [0.25, 0.3) is 0 Å². The van der Waals surface area contributed by atoms with Gasteiger partial charge in [-0.3, -0.25) is 9.59 Å². The van der Waals surface area contributed by atoms with E-state index in [1.54, 1.807) is 18.1 Å². The van der Waals surface area contributed by atoms with Crippen molar-refractivity contribution in [3.05, 3.63) is 94.8 Å². The lowest BCUT2D eigenvalue weighted by Crippen LogP contribution is -2.40. The number of pyridine rings is 1. The molecular weight excluding hydrogens is 466 g/mol. The molecule has 1 aromatic heterocycles. The summed E-state index contributed by atoms with van der Waals surface area (Å²) in [5.74, 6) is 0.363. The van der Waals surface area contributed by atoms with Gasteiger partial charge in [-0.25, -0.2) is 4.98 Å². The van der Waals surface area contributed by atoms with E-state index in [-0.39, 0.29) is 36.2 Å². The molecule has 0 spiro atoms. The fourth-order valence-electron chi connectivity index (χ4n) is 4.06. The first kappa shape index (κ1) is 24.7. The second kappa shape index (κ2) is 11.8. The first-order valence-electron chi connectivity index (χ1n) is 11.5. The molecule has 3 aromatic rings. The van der Waals surface area contributed by atoms with E-state index >= 15 is 0 Å². The Bertz CT molecular complexity index is 1160. The van der Waals surface area contributed by atoms with Crippen LogP contribution in [-0.2, 0) is 22.6 Å². The molecule has 1 saturated heterocycles. The second-order valence-corrected chi connectivity index (χ2v) is 8.80. The molecule has 4 rings (SSSR count). The van der Waals surface area contributed by atoms with Gasteiger partial charge in [-0.15, -0.1) is 0 Å². The number of hydrogen-bond donors (Lipinski definition) is 0. The molecule has 0 saturated carbocycles. The molecule has 1 aliphatic rings. The maximum atomic E-state index is 13.2. The quantitative estimate of drug-likeness (QED) is 0.446. The van der Waals surface area contributed by atoms with Crippen molar-refractivity contribution in [3.8, 4) is 5.75 Å². The predicted octanol–water partition coefficient (Wildman–Crippen LogP) is 3.86. The molecule has 0 radical (unpaired) electrons. The van der Waals surface area contributed by atoms with Crippen LogP contribution in [0.5, 0.6) is 5.75 Å². The molecule has 182 valence electrons. The van der Waals surface area contributed by atoms with E-state index in [1.165, 1.54) is 17.2 Å². The molecule has 2 amide bonds. The Morgan fingerprint density at radius 3 is 2.63 bits per heavy atom. The number of halogens is 1. The summed E-state index contributed by atoms with van der Waals surface area (Å²) in [5.41, 5.74) is 2.49. The van der Waals surface area contributed by atoms with Crippen LogP contribution in [0.15, 0.2) is 72.9 Å². The van der Waals surface area contributed by atoms with Crippen LogP contribution in [0, 0.1) is 0 Å². The normalized spacial score (nSPS) is 16.2. The van der Waals surface area contributed by atoms with Gasteiger partial charge >= 0.3 is 0 Å². The van der Waals surface area contributed by atoms with Crippen LogP contribution in [0.3, 0.4) is 0 Å². The number of aromatic nitrogens is 1. The Labute approximate surface area is 210 Å². The van der Waals surface area contributed by atoms with Gasteiger partial charge < -0.3 is 19.3 Å². The Morgan fingerprint density at radius 1 is 1.06 bits per heavy atom. The Kier molecular flexibility index (Phi) is 8.34. The third kappa shape index (κ3) is 6.81. The molecule has 8 heteroatoms. The first-order valence-corrected chi connectivity index (χ1v) is 11.9. The van der Waals surface area contributed by atoms with Crippen molar-refractivity contribution in [1.29, 1.82) is 0 Å². The number of benzene rings is 2. The van der Waals surface area contributed by atoms with Gasteiger partial charge in [-0.2, -0.15) is 0 Å². The average molecular weight is 494 g/mol. The van der Waals surface area contributed by atoms with Crippen LogP contribution < -0.4 is 4.74 Å². The van der Waals surface area contributed by atoms with E-state index in [4.69, 9.17) is 21.1 Å². The smallest absolute Gasteiger partial charge is 0.254 e. The van der Waals surface area contributed by atoms with E-state index in [1.807, 2.05) is 54.6 Å². The maximum Gasteiger partial charge on any atom is 0.254 e. The maximum absolute atomic E-state index is 13.2. The third-order valence-electron chi connectivity index (χ3n) is 5.92. The van der Waals surface area contributed by atoms with Gasteiger partial charge in [0.2, 0.25) is 5.91 Å². The average Bonchev–Trinajstić information content (AvgIpc) is 3.04. The topological polar surface area (TPSA) is 72.0 Å². The number of nitrogens with zero attached hydrogens (tertiary/aromatic N) is 3. The van der Waals surface area contributed by atoms with Crippen LogP contribution >= 0.6 is 11.6 Å². The summed E-state index contributed by atoms with van der Waals surface area (Å²) in [4.78, 5) is 33.7. The summed E-state index contributed by atoms with van der Waals surface area (Å²) >= 11 is 5.99. The molecule has 0 N–H and O–H groups in total. The van der Waals surface area contributed by atoms with E-state index in [2.05, 4.69) is 4.98 Å². The van der Waals surface area contributed by atoms with Crippen LogP contribution in [-0.4, -0.2) is 66.0 Å². The Morgan fingerprint density at radius 2 is 1.86 bits per heavy atom. The number of ether oxygens (including phenoxy) is 2. The number of amides is 2. The van der Waals surface area contributed by atoms with Gasteiger partial charge in [0.25, 0.3) is 5.91 Å². The fourth-order valence-corrected chi connectivity index (χ4v) is 4.23. The highest BCUT2D eigenvalue weighted by Gasteiger charge is 2.31. The molecule has 0 bridgehead atoms. The largest absolute Gasteiger partial charge is 0.497 e. The van der Waals surface area contributed by atoms with E-state index in [0.29, 0.717) is 25.3 Å². The molecule has 0 unspecified atom stereocenters. The Balaban J connectivity index is 1.51. The van der Waals surface area contributed by atoms with Crippen molar-refractivity contribution >= 4 is 23.4 Å². The van der Waals surface area contributed by atoms with Crippen molar-refractivity contribution in [3.63, 3.8) is 0 Å². The van der Waals surface area contributed by atoms with Crippen molar-refractivity contribution in [2.24, 2.45) is 0 Å². The molecule has 2 heterocycles. The SMILES string of the molecule is COc1cccc(CO[C@H]2CN(CCc3ccccc3)C(=O)CN(C(=O)c3ccnc(Cl)c3)C2)c1. The number of carbonyl (C=O) groups is 2. The lowest BCUT2D eigenvalue weighted by Gasteiger charge is -2.25. The minimum atomic E-state index is -0.357. The molecule has 1 atom stereocenters. The van der Waals surface area contributed by atoms with Crippen LogP contribution in [0.4, 0.5) is 0 Å². The van der Waals surface area contributed by atoms with Gasteiger partial charge in [0, 0.05) is 31.4 Å². The standard InChI is InChI=1S/C27H28ClN3O4/c1-34-23-9-5-8-21(14-23)19-35-24-16-30(13-11-20-6-3-2-4-7-20)26(32)18-31(17-24)27(33)22-10-12-29-25(28)15-22/h2-10,12,14-15,24H,11,13,16-19H2,1H3/t24-/m0/s1. The van der Waals surface area contributed by atoms with Crippen LogP contribution in [0.2, 0.25) is 5.15 Å². The van der Waals surface area contributed by atoms with Crippen LogP contribution in [0.1, 0.15) is 21.5 Å². The lowest BCUT2D eigenvalue weighted by molar-refractivity contribution is -0.131.